The third-order valence-electron chi connectivity index (χ3n) is 2.39. The lowest BCUT2D eigenvalue weighted by Gasteiger charge is -2.21. The Balaban J connectivity index is 2.92. The van der Waals surface area contributed by atoms with Gasteiger partial charge in [0.2, 0.25) is 0 Å². The number of anilines is 1. The Hall–Kier alpha value is -2.45. The summed E-state index contributed by atoms with van der Waals surface area (Å²) in [6.45, 7) is -1.44. The number of para-hydroxylation sites is 1. The SMILES string of the molecule is CN(C(=O)NCC(F)(F)F)c1ccccc1/C(N)=N/O. The Morgan fingerprint density at radius 1 is 1.45 bits per heavy atom. The van der Waals surface area contributed by atoms with Crippen molar-refractivity contribution in [2.24, 2.45) is 10.9 Å². The average molecular weight is 290 g/mol. The smallest absolute Gasteiger partial charge is 0.405 e. The van der Waals surface area contributed by atoms with Gasteiger partial charge in [0.1, 0.15) is 6.54 Å². The number of amides is 2. The minimum absolute atomic E-state index is 0.211. The van der Waals surface area contributed by atoms with Crippen LogP contribution in [0.4, 0.5) is 23.7 Å². The Kier molecular flexibility index (Phi) is 4.78. The second-order valence-corrected chi connectivity index (χ2v) is 3.84. The quantitative estimate of drug-likeness (QED) is 0.341. The number of benzene rings is 1. The highest BCUT2D eigenvalue weighted by Crippen LogP contribution is 2.19. The second-order valence-electron chi connectivity index (χ2n) is 3.84. The summed E-state index contributed by atoms with van der Waals surface area (Å²) in [5.41, 5.74) is 5.87. The van der Waals surface area contributed by atoms with Gasteiger partial charge in [-0.05, 0) is 12.1 Å². The molecule has 0 atom stereocenters. The molecule has 20 heavy (non-hydrogen) atoms. The van der Waals surface area contributed by atoms with Crippen LogP contribution in [0.15, 0.2) is 29.4 Å². The zero-order valence-electron chi connectivity index (χ0n) is 10.5. The Morgan fingerprint density at radius 2 is 2.05 bits per heavy atom. The van der Waals surface area contributed by atoms with E-state index in [-0.39, 0.29) is 17.1 Å². The number of carbonyl (C=O) groups excluding carboxylic acids is 1. The molecule has 2 amide bonds. The number of amidine groups is 1. The van der Waals surface area contributed by atoms with Crippen LogP contribution in [-0.2, 0) is 0 Å². The third kappa shape index (κ3) is 4.04. The summed E-state index contributed by atoms with van der Waals surface area (Å²) < 4.78 is 36.1. The van der Waals surface area contributed by atoms with E-state index in [1.54, 1.807) is 17.4 Å². The van der Waals surface area contributed by atoms with Crippen LogP contribution >= 0.6 is 0 Å². The molecule has 0 heterocycles. The van der Waals surface area contributed by atoms with Gasteiger partial charge in [0.05, 0.1) is 5.69 Å². The van der Waals surface area contributed by atoms with Gasteiger partial charge in [-0.25, -0.2) is 4.79 Å². The van der Waals surface area contributed by atoms with E-state index in [9.17, 15) is 18.0 Å². The van der Waals surface area contributed by atoms with Crippen molar-refractivity contribution in [3.05, 3.63) is 29.8 Å². The predicted octanol–water partition coefficient (Wildman–Crippen LogP) is 1.49. The number of alkyl halides is 3. The Bertz CT molecular complexity index is 517. The van der Waals surface area contributed by atoms with Gasteiger partial charge in [0.25, 0.3) is 0 Å². The molecule has 1 rings (SSSR count). The molecule has 110 valence electrons. The van der Waals surface area contributed by atoms with Crippen molar-refractivity contribution in [1.29, 1.82) is 0 Å². The largest absolute Gasteiger partial charge is 0.409 e. The maximum Gasteiger partial charge on any atom is 0.405 e. The number of nitrogens with zero attached hydrogens (tertiary/aromatic N) is 2. The number of carbonyl (C=O) groups is 1. The molecule has 0 unspecified atom stereocenters. The van der Waals surface area contributed by atoms with E-state index in [2.05, 4.69) is 5.16 Å². The normalized spacial score (nSPS) is 12.1. The molecule has 9 heteroatoms. The first kappa shape index (κ1) is 15.6. The fraction of sp³-hybridized carbons (Fsp3) is 0.273. The minimum atomic E-state index is -4.50. The number of halogens is 3. The topological polar surface area (TPSA) is 91.0 Å². The average Bonchev–Trinajstić information content (AvgIpc) is 2.42. The first-order valence-corrected chi connectivity index (χ1v) is 5.41. The highest BCUT2D eigenvalue weighted by molar-refractivity contribution is 6.05. The van der Waals surface area contributed by atoms with Crippen LogP contribution in [0.1, 0.15) is 5.56 Å². The molecular weight excluding hydrogens is 277 g/mol. The summed E-state index contributed by atoms with van der Waals surface area (Å²) in [6.07, 6.45) is -4.50. The first-order chi connectivity index (χ1) is 9.26. The fourth-order valence-corrected chi connectivity index (χ4v) is 1.44. The van der Waals surface area contributed by atoms with Gasteiger partial charge in [-0.3, -0.25) is 4.90 Å². The van der Waals surface area contributed by atoms with Gasteiger partial charge in [-0.15, -0.1) is 0 Å². The van der Waals surface area contributed by atoms with Gasteiger partial charge < -0.3 is 16.3 Å². The Labute approximate surface area is 112 Å². The number of hydrogen-bond donors (Lipinski definition) is 3. The number of hydrogen-bond acceptors (Lipinski definition) is 3. The fourth-order valence-electron chi connectivity index (χ4n) is 1.44. The predicted molar refractivity (Wildman–Crippen MR) is 66.8 cm³/mol. The van der Waals surface area contributed by atoms with Gasteiger partial charge in [0.15, 0.2) is 5.84 Å². The molecule has 1 aromatic rings. The zero-order chi connectivity index (χ0) is 15.3. The summed E-state index contributed by atoms with van der Waals surface area (Å²) in [4.78, 5) is 12.6. The van der Waals surface area contributed by atoms with Crippen LogP contribution in [0.25, 0.3) is 0 Å². The van der Waals surface area contributed by atoms with Crippen molar-refractivity contribution >= 4 is 17.6 Å². The molecule has 0 aliphatic rings. The van der Waals surface area contributed by atoms with Crippen molar-refractivity contribution in [2.75, 3.05) is 18.5 Å². The summed E-state index contributed by atoms with van der Waals surface area (Å²) in [5.74, 6) is -0.254. The van der Waals surface area contributed by atoms with E-state index in [1.165, 1.54) is 19.2 Å². The van der Waals surface area contributed by atoms with E-state index in [1.807, 2.05) is 0 Å². The van der Waals surface area contributed by atoms with Crippen molar-refractivity contribution in [1.82, 2.24) is 5.32 Å². The minimum Gasteiger partial charge on any atom is -0.409 e. The Morgan fingerprint density at radius 3 is 2.60 bits per heavy atom. The van der Waals surface area contributed by atoms with Crippen LogP contribution in [-0.4, -0.2) is 36.8 Å². The molecule has 0 saturated carbocycles. The van der Waals surface area contributed by atoms with Crippen molar-refractivity contribution < 1.29 is 23.2 Å². The van der Waals surface area contributed by atoms with Crippen LogP contribution in [0.3, 0.4) is 0 Å². The molecule has 0 radical (unpaired) electrons. The van der Waals surface area contributed by atoms with Gasteiger partial charge >= 0.3 is 12.2 Å². The van der Waals surface area contributed by atoms with Crippen LogP contribution in [0.2, 0.25) is 0 Å². The molecule has 0 spiro atoms. The molecule has 4 N–H and O–H groups in total. The van der Waals surface area contributed by atoms with Crippen LogP contribution < -0.4 is 16.0 Å². The summed E-state index contributed by atoms with van der Waals surface area (Å²) in [5, 5.41) is 13.2. The molecule has 6 nitrogen and oxygen atoms in total. The maximum atomic E-state index is 12.0. The molecule has 0 aromatic heterocycles. The van der Waals surface area contributed by atoms with E-state index in [4.69, 9.17) is 10.9 Å². The monoisotopic (exact) mass is 290 g/mol. The van der Waals surface area contributed by atoms with E-state index in [0.717, 1.165) is 4.90 Å². The van der Waals surface area contributed by atoms with Gasteiger partial charge in [-0.1, -0.05) is 17.3 Å². The zero-order valence-corrected chi connectivity index (χ0v) is 10.5. The van der Waals surface area contributed by atoms with Crippen molar-refractivity contribution in [3.8, 4) is 0 Å². The van der Waals surface area contributed by atoms with Gasteiger partial charge in [0, 0.05) is 12.6 Å². The highest BCUT2D eigenvalue weighted by Gasteiger charge is 2.28. The number of urea groups is 1. The first-order valence-electron chi connectivity index (χ1n) is 5.41. The van der Waals surface area contributed by atoms with E-state index in [0.29, 0.717) is 0 Å². The lowest BCUT2D eigenvalue weighted by molar-refractivity contribution is -0.122. The molecule has 0 saturated heterocycles. The van der Waals surface area contributed by atoms with Crippen molar-refractivity contribution in [3.63, 3.8) is 0 Å². The summed E-state index contributed by atoms with van der Waals surface area (Å²) in [7, 11) is 1.27. The van der Waals surface area contributed by atoms with Crippen molar-refractivity contribution in [2.45, 2.75) is 6.18 Å². The van der Waals surface area contributed by atoms with Crippen LogP contribution in [0.5, 0.6) is 0 Å². The van der Waals surface area contributed by atoms with E-state index >= 15 is 0 Å². The molecule has 1 aromatic carbocycles. The summed E-state index contributed by atoms with van der Waals surface area (Å²) >= 11 is 0. The number of nitrogens with two attached hydrogens (primary N) is 1. The standard InChI is InChI=1S/C11H13F3N4O2/c1-18(10(19)16-6-11(12,13)14)8-5-3-2-4-7(8)9(15)17-20/h2-5,20H,6H2,1H3,(H2,15,17)(H,16,19). The highest BCUT2D eigenvalue weighted by atomic mass is 19.4. The number of nitrogens with one attached hydrogen (secondary N) is 1. The summed E-state index contributed by atoms with van der Waals surface area (Å²) in [6, 6.07) is 5.12. The maximum absolute atomic E-state index is 12.0. The lowest BCUT2D eigenvalue weighted by atomic mass is 10.1. The van der Waals surface area contributed by atoms with E-state index < -0.39 is 18.8 Å². The van der Waals surface area contributed by atoms with Crippen LogP contribution in [0, 0.1) is 0 Å². The number of oxime groups is 1. The molecule has 0 fully saturated rings. The number of rotatable bonds is 3. The molecule has 0 aliphatic carbocycles. The molecule has 0 bridgehead atoms. The molecule has 0 aliphatic heterocycles. The second kappa shape index (κ2) is 6.13. The lowest BCUT2D eigenvalue weighted by Crippen LogP contribution is -2.42. The van der Waals surface area contributed by atoms with Gasteiger partial charge in [-0.2, -0.15) is 13.2 Å². The third-order valence-corrected chi connectivity index (χ3v) is 2.39. The molecular formula is C11H13F3N4O2.